The zero-order valence-corrected chi connectivity index (χ0v) is 16.3. The van der Waals surface area contributed by atoms with Crippen molar-refractivity contribution >= 4 is 45.1 Å². The van der Waals surface area contributed by atoms with E-state index in [-0.39, 0.29) is 17.1 Å². The molecule has 0 saturated heterocycles. The number of rotatable bonds is 8. The normalized spacial score (nSPS) is 13.8. The second-order valence-corrected chi connectivity index (χ2v) is 8.24. The molecule has 11 heteroatoms. The minimum absolute atomic E-state index is 0.0245. The van der Waals surface area contributed by atoms with Gasteiger partial charge in [-0.2, -0.15) is 0 Å². The minimum Gasteiger partial charge on any atom is -0.435 e. The van der Waals surface area contributed by atoms with Crippen LogP contribution in [0, 0.1) is 0 Å². The number of sulfone groups is 1. The Hall–Kier alpha value is -1.58. The SMILES string of the molecule is CCOC(=O)O[C@H](c1ccc(S(C)(=O)=O)cc1)[C@@H](CF)NC(=O)C(Cl)Cl. The first-order valence-corrected chi connectivity index (χ1v) is 10.1. The number of hydrogen-bond donors (Lipinski definition) is 1. The molecule has 0 aliphatic heterocycles. The lowest BCUT2D eigenvalue weighted by molar-refractivity contribution is -0.121. The van der Waals surface area contributed by atoms with Crippen molar-refractivity contribution in [3.63, 3.8) is 0 Å². The van der Waals surface area contributed by atoms with Gasteiger partial charge in [-0.3, -0.25) is 4.79 Å². The fraction of sp³-hybridized carbons (Fsp3) is 0.467. The van der Waals surface area contributed by atoms with Crippen molar-refractivity contribution in [3.05, 3.63) is 29.8 Å². The van der Waals surface area contributed by atoms with Gasteiger partial charge >= 0.3 is 6.16 Å². The van der Waals surface area contributed by atoms with Crippen LogP contribution in [0.25, 0.3) is 0 Å². The molecule has 1 aromatic carbocycles. The van der Waals surface area contributed by atoms with Crippen LogP contribution < -0.4 is 5.32 Å². The van der Waals surface area contributed by atoms with Gasteiger partial charge in [0.05, 0.1) is 17.5 Å². The van der Waals surface area contributed by atoms with Gasteiger partial charge in [-0.15, -0.1) is 0 Å². The number of halogens is 3. The van der Waals surface area contributed by atoms with Gasteiger partial charge in [0.1, 0.15) is 6.67 Å². The van der Waals surface area contributed by atoms with E-state index in [1.54, 1.807) is 6.92 Å². The Bertz CT molecular complexity index is 726. The van der Waals surface area contributed by atoms with Crippen LogP contribution in [0.3, 0.4) is 0 Å². The smallest absolute Gasteiger partial charge is 0.435 e. The number of nitrogens with one attached hydrogen (secondary N) is 1. The molecule has 0 fully saturated rings. The summed E-state index contributed by atoms with van der Waals surface area (Å²) < 4.78 is 46.3. The third-order valence-corrected chi connectivity index (χ3v) is 4.70. The van der Waals surface area contributed by atoms with Gasteiger partial charge in [-0.1, -0.05) is 35.3 Å². The highest BCUT2D eigenvalue weighted by Crippen LogP contribution is 2.25. The maximum absolute atomic E-state index is 13.5. The van der Waals surface area contributed by atoms with Crippen LogP contribution in [0.5, 0.6) is 0 Å². The van der Waals surface area contributed by atoms with E-state index in [1.165, 1.54) is 24.3 Å². The highest BCUT2D eigenvalue weighted by atomic mass is 35.5. The van der Waals surface area contributed by atoms with E-state index in [0.717, 1.165) is 6.26 Å². The predicted molar refractivity (Wildman–Crippen MR) is 93.8 cm³/mol. The number of alkyl halides is 3. The van der Waals surface area contributed by atoms with Crippen LogP contribution in [0.15, 0.2) is 29.2 Å². The van der Waals surface area contributed by atoms with Crippen molar-refractivity contribution in [2.45, 2.75) is 28.8 Å². The largest absolute Gasteiger partial charge is 0.508 e. The van der Waals surface area contributed by atoms with Gasteiger partial charge < -0.3 is 14.8 Å². The maximum atomic E-state index is 13.5. The van der Waals surface area contributed by atoms with Crippen LogP contribution in [0.2, 0.25) is 0 Å². The standard InChI is InChI=1S/C15H18Cl2FNO6S/c1-3-24-15(21)25-12(11(8-18)19-14(20)13(16)17)9-4-6-10(7-5-9)26(2,22)23/h4-7,11-13H,3,8H2,1-2H3,(H,19,20)/t11-,12-/m1/s1. The third-order valence-electron chi connectivity index (χ3n) is 3.18. The van der Waals surface area contributed by atoms with Gasteiger partial charge in [-0.05, 0) is 24.6 Å². The lowest BCUT2D eigenvalue weighted by Gasteiger charge is -2.26. The lowest BCUT2D eigenvalue weighted by atomic mass is 10.0. The van der Waals surface area contributed by atoms with E-state index in [4.69, 9.17) is 27.9 Å². The number of hydrogen-bond acceptors (Lipinski definition) is 6. The number of ether oxygens (including phenoxy) is 2. The molecule has 0 aliphatic carbocycles. The molecule has 0 heterocycles. The molecule has 0 aliphatic rings. The fourth-order valence-corrected chi connectivity index (χ4v) is 2.74. The first-order valence-electron chi connectivity index (χ1n) is 7.38. The van der Waals surface area contributed by atoms with E-state index < -0.39 is 45.6 Å². The Labute approximate surface area is 160 Å². The Morgan fingerprint density at radius 3 is 2.23 bits per heavy atom. The molecule has 0 radical (unpaired) electrons. The molecule has 1 rings (SSSR count). The minimum atomic E-state index is -3.44. The van der Waals surface area contributed by atoms with Gasteiger partial charge in [0, 0.05) is 6.26 Å². The topological polar surface area (TPSA) is 98.8 Å². The molecule has 26 heavy (non-hydrogen) atoms. The summed E-state index contributed by atoms with van der Waals surface area (Å²) in [5.74, 6) is -0.874. The van der Waals surface area contributed by atoms with E-state index in [2.05, 4.69) is 10.1 Å². The number of amides is 1. The molecule has 146 valence electrons. The van der Waals surface area contributed by atoms with Gasteiger partial charge in [0.2, 0.25) is 0 Å². The van der Waals surface area contributed by atoms with Crippen LogP contribution in [0.4, 0.5) is 9.18 Å². The molecular weight excluding hydrogens is 412 g/mol. The quantitative estimate of drug-likeness (QED) is 0.503. The predicted octanol–water partition coefficient (Wildman–Crippen LogP) is 2.56. The molecule has 0 aromatic heterocycles. The van der Waals surface area contributed by atoms with Gasteiger partial charge in [0.15, 0.2) is 20.8 Å². The second kappa shape index (κ2) is 9.94. The maximum Gasteiger partial charge on any atom is 0.508 e. The lowest BCUT2D eigenvalue weighted by Crippen LogP contribution is -2.44. The summed E-state index contributed by atoms with van der Waals surface area (Å²) in [6.07, 6.45) is -1.34. The van der Waals surface area contributed by atoms with Crippen LogP contribution in [-0.2, 0) is 24.1 Å². The molecule has 7 nitrogen and oxygen atoms in total. The first kappa shape index (κ1) is 22.5. The summed E-state index contributed by atoms with van der Waals surface area (Å²) >= 11 is 10.9. The van der Waals surface area contributed by atoms with E-state index >= 15 is 0 Å². The Balaban J connectivity index is 3.17. The molecule has 1 aromatic rings. The Morgan fingerprint density at radius 1 is 1.23 bits per heavy atom. The monoisotopic (exact) mass is 429 g/mol. The molecule has 2 atom stereocenters. The van der Waals surface area contributed by atoms with Crippen molar-refractivity contribution in [1.82, 2.24) is 5.32 Å². The van der Waals surface area contributed by atoms with Crippen molar-refractivity contribution in [2.75, 3.05) is 19.5 Å². The van der Waals surface area contributed by atoms with Crippen molar-refractivity contribution in [1.29, 1.82) is 0 Å². The Kier molecular flexibility index (Phi) is 8.58. The van der Waals surface area contributed by atoms with E-state index in [9.17, 15) is 22.4 Å². The van der Waals surface area contributed by atoms with Gasteiger partial charge in [-0.25, -0.2) is 17.6 Å². The van der Waals surface area contributed by atoms with Crippen molar-refractivity contribution in [2.24, 2.45) is 0 Å². The van der Waals surface area contributed by atoms with Crippen molar-refractivity contribution in [3.8, 4) is 0 Å². The van der Waals surface area contributed by atoms with Crippen molar-refractivity contribution < 1.29 is 31.9 Å². The molecule has 0 bridgehead atoms. The molecule has 0 saturated carbocycles. The summed E-state index contributed by atoms with van der Waals surface area (Å²) in [5.41, 5.74) is 0.245. The number of carbonyl (C=O) groups excluding carboxylic acids is 2. The molecule has 0 spiro atoms. The third kappa shape index (κ3) is 6.62. The fourth-order valence-electron chi connectivity index (χ4n) is 1.98. The summed E-state index contributed by atoms with van der Waals surface area (Å²) in [7, 11) is -3.44. The summed E-state index contributed by atoms with van der Waals surface area (Å²) in [6, 6.07) is 3.92. The highest BCUT2D eigenvalue weighted by Gasteiger charge is 2.30. The molecule has 1 N–H and O–H groups in total. The zero-order valence-electron chi connectivity index (χ0n) is 13.9. The molecular formula is C15H18Cl2FNO6S. The second-order valence-electron chi connectivity index (χ2n) is 5.13. The van der Waals surface area contributed by atoms with Crippen LogP contribution in [0.1, 0.15) is 18.6 Å². The highest BCUT2D eigenvalue weighted by molar-refractivity contribution is 7.90. The summed E-state index contributed by atoms with van der Waals surface area (Å²) in [6.45, 7) is 0.470. The number of benzene rings is 1. The van der Waals surface area contributed by atoms with E-state index in [1.807, 2.05) is 0 Å². The molecule has 1 amide bonds. The average Bonchev–Trinajstić information content (AvgIpc) is 2.57. The molecule has 0 unspecified atom stereocenters. The summed E-state index contributed by atoms with van der Waals surface area (Å²) in [4.78, 5) is 21.9. The van der Waals surface area contributed by atoms with Gasteiger partial charge in [0.25, 0.3) is 5.91 Å². The Morgan fingerprint density at radius 2 is 1.81 bits per heavy atom. The first-order chi connectivity index (χ1) is 12.1. The zero-order chi connectivity index (χ0) is 19.9. The van der Waals surface area contributed by atoms with Crippen LogP contribution in [-0.4, -0.2) is 50.9 Å². The van der Waals surface area contributed by atoms with Crippen LogP contribution >= 0.6 is 23.2 Å². The number of carbonyl (C=O) groups is 2. The summed E-state index contributed by atoms with van der Waals surface area (Å²) in [5, 5.41) is 2.23. The average molecular weight is 430 g/mol. The van der Waals surface area contributed by atoms with E-state index in [0.29, 0.717) is 0 Å².